The number of hydrogen-bond donors (Lipinski definition) is 2. The quantitative estimate of drug-likeness (QED) is 0.735. The van der Waals surface area contributed by atoms with Crippen LogP contribution in [0.1, 0.15) is 46.0 Å². The summed E-state index contributed by atoms with van der Waals surface area (Å²) in [5.41, 5.74) is 0. The van der Waals surface area contributed by atoms with Crippen LogP contribution in [-0.2, 0) is 4.79 Å². The van der Waals surface area contributed by atoms with Crippen LogP contribution in [0, 0.1) is 0 Å². The minimum absolute atomic E-state index is 0.199. The maximum absolute atomic E-state index is 11.8. The van der Waals surface area contributed by atoms with E-state index in [4.69, 9.17) is 0 Å². The summed E-state index contributed by atoms with van der Waals surface area (Å²) in [6.45, 7) is 6.26. The Kier molecular flexibility index (Phi) is 6.34. The van der Waals surface area contributed by atoms with E-state index < -0.39 is 0 Å². The van der Waals surface area contributed by atoms with Crippen LogP contribution >= 0.6 is 11.8 Å². The fourth-order valence-electron chi connectivity index (χ4n) is 2.35. The highest BCUT2D eigenvalue weighted by Gasteiger charge is 2.26. The molecule has 1 aliphatic heterocycles. The molecule has 1 rings (SSSR count). The number of nitrogens with one attached hydrogen (secondary N) is 2. The van der Waals surface area contributed by atoms with E-state index >= 15 is 0 Å². The third-order valence-electron chi connectivity index (χ3n) is 3.92. The average molecular weight is 258 g/mol. The van der Waals surface area contributed by atoms with Gasteiger partial charge in [0.2, 0.25) is 5.91 Å². The molecular formula is C13H26N2OS. The Morgan fingerprint density at radius 2 is 2.18 bits per heavy atom. The van der Waals surface area contributed by atoms with Crippen LogP contribution < -0.4 is 10.6 Å². The lowest BCUT2D eigenvalue weighted by atomic mass is 10.0. The first-order valence-corrected chi connectivity index (χ1v) is 7.93. The zero-order chi connectivity index (χ0) is 12.7. The number of amides is 1. The normalized spacial score (nSPS) is 20.5. The summed E-state index contributed by atoms with van der Waals surface area (Å²) in [7, 11) is 0. The summed E-state index contributed by atoms with van der Waals surface area (Å²) >= 11 is 1.87. The molecule has 1 amide bonds. The predicted molar refractivity (Wildman–Crippen MR) is 75.5 cm³/mol. The van der Waals surface area contributed by atoms with Crippen molar-refractivity contribution < 1.29 is 4.79 Å². The van der Waals surface area contributed by atoms with E-state index in [-0.39, 0.29) is 10.7 Å². The van der Waals surface area contributed by atoms with Crippen molar-refractivity contribution in [2.45, 2.75) is 56.7 Å². The largest absolute Gasteiger partial charge is 0.355 e. The van der Waals surface area contributed by atoms with Gasteiger partial charge in [-0.15, -0.1) is 0 Å². The van der Waals surface area contributed by atoms with Gasteiger partial charge in [-0.1, -0.05) is 13.8 Å². The third-order valence-corrected chi connectivity index (χ3v) is 5.51. The standard InChI is InChI=1S/C13H26N2OS/c1-4-13(5-2,17-3)10-15-12(16)9-11-7-6-8-14-11/h11,14H,4-10H2,1-3H3,(H,15,16). The van der Waals surface area contributed by atoms with Crippen molar-refractivity contribution in [2.24, 2.45) is 0 Å². The van der Waals surface area contributed by atoms with E-state index in [1.54, 1.807) is 0 Å². The second-order valence-corrected chi connectivity index (χ2v) is 6.14. The number of carbonyl (C=O) groups is 1. The monoisotopic (exact) mass is 258 g/mol. The number of hydrogen-bond acceptors (Lipinski definition) is 3. The average Bonchev–Trinajstić information content (AvgIpc) is 2.84. The van der Waals surface area contributed by atoms with Crippen molar-refractivity contribution in [2.75, 3.05) is 19.3 Å². The van der Waals surface area contributed by atoms with Crippen LogP contribution in [-0.4, -0.2) is 36.0 Å². The Hall–Kier alpha value is -0.220. The molecule has 1 atom stereocenters. The van der Waals surface area contributed by atoms with Crippen LogP contribution in [0.2, 0.25) is 0 Å². The second-order valence-electron chi connectivity index (χ2n) is 4.87. The second kappa shape index (κ2) is 7.27. The molecule has 1 fully saturated rings. The molecule has 0 saturated carbocycles. The first kappa shape index (κ1) is 14.8. The smallest absolute Gasteiger partial charge is 0.221 e. The fourth-order valence-corrected chi connectivity index (χ4v) is 3.14. The van der Waals surface area contributed by atoms with Crippen LogP contribution in [0.15, 0.2) is 0 Å². The Labute approximate surface area is 109 Å². The van der Waals surface area contributed by atoms with Crippen molar-refractivity contribution in [3.8, 4) is 0 Å². The molecule has 1 saturated heterocycles. The topological polar surface area (TPSA) is 41.1 Å². The maximum Gasteiger partial charge on any atom is 0.221 e. The molecule has 1 unspecified atom stereocenters. The minimum atomic E-state index is 0.199. The molecule has 0 spiro atoms. The van der Waals surface area contributed by atoms with Crippen molar-refractivity contribution in [1.82, 2.24) is 10.6 Å². The summed E-state index contributed by atoms with van der Waals surface area (Å²) in [6.07, 6.45) is 7.33. The van der Waals surface area contributed by atoms with Gasteiger partial charge in [0.25, 0.3) is 0 Å². The molecule has 2 N–H and O–H groups in total. The minimum Gasteiger partial charge on any atom is -0.355 e. The first-order chi connectivity index (χ1) is 8.15. The van der Waals surface area contributed by atoms with Gasteiger partial charge in [0.05, 0.1) is 0 Å². The Bertz CT molecular complexity index is 227. The van der Waals surface area contributed by atoms with Crippen LogP contribution in [0.3, 0.4) is 0 Å². The van der Waals surface area contributed by atoms with Gasteiger partial charge in [0, 0.05) is 23.8 Å². The molecule has 0 aromatic heterocycles. The molecule has 1 aliphatic rings. The number of carbonyl (C=O) groups excluding carboxylic acids is 1. The summed E-state index contributed by atoms with van der Waals surface area (Å²) in [5, 5.41) is 6.46. The van der Waals surface area contributed by atoms with Gasteiger partial charge in [-0.25, -0.2) is 0 Å². The van der Waals surface area contributed by atoms with Crippen LogP contribution in [0.5, 0.6) is 0 Å². The molecule has 17 heavy (non-hydrogen) atoms. The van der Waals surface area contributed by atoms with E-state index in [2.05, 4.69) is 30.7 Å². The molecule has 100 valence electrons. The Balaban J connectivity index is 2.30. The molecule has 0 radical (unpaired) electrons. The SMILES string of the molecule is CCC(CC)(CNC(=O)CC1CCCN1)SC. The predicted octanol–water partition coefficient (Wildman–Crippen LogP) is 2.17. The molecule has 0 aliphatic carbocycles. The van der Waals surface area contributed by atoms with Crippen molar-refractivity contribution >= 4 is 17.7 Å². The zero-order valence-electron chi connectivity index (χ0n) is 11.3. The molecular weight excluding hydrogens is 232 g/mol. The number of thioether (sulfide) groups is 1. The van der Waals surface area contributed by atoms with Gasteiger partial charge in [-0.3, -0.25) is 4.79 Å². The van der Waals surface area contributed by atoms with E-state index in [1.807, 2.05) is 11.8 Å². The van der Waals surface area contributed by atoms with E-state index in [0.717, 1.165) is 32.4 Å². The van der Waals surface area contributed by atoms with Gasteiger partial charge in [-0.05, 0) is 38.5 Å². The van der Waals surface area contributed by atoms with Crippen LogP contribution in [0.25, 0.3) is 0 Å². The first-order valence-electron chi connectivity index (χ1n) is 6.71. The lowest BCUT2D eigenvalue weighted by Crippen LogP contribution is -2.41. The van der Waals surface area contributed by atoms with Crippen molar-refractivity contribution in [3.63, 3.8) is 0 Å². The maximum atomic E-state index is 11.8. The summed E-state index contributed by atoms with van der Waals surface area (Å²) in [4.78, 5) is 11.8. The van der Waals surface area contributed by atoms with E-state index in [0.29, 0.717) is 12.5 Å². The highest BCUT2D eigenvalue weighted by atomic mass is 32.2. The van der Waals surface area contributed by atoms with Crippen molar-refractivity contribution in [3.05, 3.63) is 0 Å². The summed E-state index contributed by atoms with van der Waals surface area (Å²) in [5.74, 6) is 0.199. The molecule has 3 nitrogen and oxygen atoms in total. The lowest BCUT2D eigenvalue weighted by Gasteiger charge is -2.30. The fraction of sp³-hybridized carbons (Fsp3) is 0.923. The zero-order valence-corrected chi connectivity index (χ0v) is 12.2. The Morgan fingerprint density at radius 3 is 2.65 bits per heavy atom. The molecule has 0 aromatic rings. The van der Waals surface area contributed by atoms with E-state index in [9.17, 15) is 4.79 Å². The third kappa shape index (κ3) is 4.51. The molecule has 4 heteroatoms. The molecule has 0 aromatic carbocycles. The van der Waals surface area contributed by atoms with E-state index in [1.165, 1.54) is 6.42 Å². The summed E-state index contributed by atoms with van der Waals surface area (Å²) in [6, 6.07) is 0.405. The molecule has 0 bridgehead atoms. The lowest BCUT2D eigenvalue weighted by molar-refractivity contribution is -0.121. The van der Waals surface area contributed by atoms with Gasteiger partial charge in [0.1, 0.15) is 0 Å². The highest BCUT2D eigenvalue weighted by molar-refractivity contribution is 8.00. The van der Waals surface area contributed by atoms with Gasteiger partial charge >= 0.3 is 0 Å². The highest BCUT2D eigenvalue weighted by Crippen LogP contribution is 2.29. The van der Waals surface area contributed by atoms with Gasteiger partial charge < -0.3 is 10.6 Å². The van der Waals surface area contributed by atoms with Gasteiger partial charge in [-0.2, -0.15) is 11.8 Å². The molecule has 1 heterocycles. The van der Waals surface area contributed by atoms with Gasteiger partial charge in [0.15, 0.2) is 0 Å². The summed E-state index contributed by atoms with van der Waals surface area (Å²) < 4.78 is 0.221. The van der Waals surface area contributed by atoms with Crippen LogP contribution in [0.4, 0.5) is 0 Å². The number of rotatable bonds is 7. The van der Waals surface area contributed by atoms with Crippen molar-refractivity contribution in [1.29, 1.82) is 0 Å². The Morgan fingerprint density at radius 1 is 1.47 bits per heavy atom.